The predicted molar refractivity (Wildman–Crippen MR) is 125 cm³/mol. The molecule has 2 aromatic rings. The number of nitrogens with two attached hydrogens (primary N) is 1. The van der Waals surface area contributed by atoms with Gasteiger partial charge in [-0.2, -0.15) is 0 Å². The number of phenols is 1. The Labute approximate surface area is 200 Å². The van der Waals surface area contributed by atoms with Crippen LogP contribution < -0.4 is 11.1 Å². The molecule has 2 aliphatic heterocycles. The van der Waals surface area contributed by atoms with Crippen molar-refractivity contribution >= 4 is 17.3 Å². The topological polar surface area (TPSA) is 145 Å². The van der Waals surface area contributed by atoms with Crippen LogP contribution in [-0.4, -0.2) is 50.7 Å². The largest absolute Gasteiger partial charge is 0.507 e. The molecule has 4 aliphatic rings. The van der Waals surface area contributed by atoms with Gasteiger partial charge in [0.15, 0.2) is 28.9 Å². The fraction of sp³-hybridized carbons (Fsp3) is 0.259. The van der Waals surface area contributed by atoms with E-state index in [1.165, 1.54) is 25.1 Å². The normalized spacial score (nSPS) is 30.5. The highest BCUT2D eigenvalue weighted by Crippen LogP contribution is 2.67. The molecule has 35 heavy (non-hydrogen) atoms. The van der Waals surface area contributed by atoms with Gasteiger partial charge in [-0.15, -0.1) is 0 Å². The summed E-state index contributed by atoms with van der Waals surface area (Å²) in [6.07, 6.45) is 0.464. The fourth-order valence-corrected chi connectivity index (χ4v) is 5.73. The number of ether oxygens (including phenoxy) is 1. The van der Waals surface area contributed by atoms with E-state index < -0.39 is 46.8 Å². The molecule has 2 aliphatic carbocycles. The summed E-state index contributed by atoms with van der Waals surface area (Å²) in [5.74, 6) is 9.79. The lowest BCUT2D eigenvalue weighted by Crippen LogP contribution is -2.54. The Bertz CT molecular complexity index is 1520. The number of carbonyl (C=O) groups excluding carboxylic acids is 2. The van der Waals surface area contributed by atoms with Crippen molar-refractivity contribution in [2.45, 2.75) is 42.9 Å². The molecule has 0 radical (unpaired) electrons. The highest BCUT2D eigenvalue weighted by Gasteiger charge is 2.82. The number of hydrogen-bond donors (Lipinski definition) is 5. The molecule has 0 unspecified atom stereocenters. The van der Waals surface area contributed by atoms with E-state index in [-0.39, 0.29) is 40.0 Å². The number of benzene rings is 2. The van der Waals surface area contributed by atoms with Gasteiger partial charge >= 0.3 is 0 Å². The summed E-state index contributed by atoms with van der Waals surface area (Å²) in [6, 6.07) is 5.29. The van der Waals surface area contributed by atoms with Gasteiger partial charge in [0.2, 0.25) is 0 Å². The molecule has 8 heteroatoms. The molecule has 0 saturated carbocycles. The van der Waals surface area contributed by atoms with Gasteiger partial charge in [-0.05, 0) is 30.7 Å². The number of allylic oxidation sites excluding steroid dienone is 2. The van der Waals surface area contributed by atoms with Crippen LogP contribution in [0, 0.1) is 23.7 Å². The van der Waals surface area contributed by atoms with E-state index in [0.717, 1.165) is 0 Å². The van der Waals surface area contributed by atoms with Crippen molar-refractivity contribution in [3.63, 3.8) is 0 Å². The van der Waals surface area contributed by atoms with Gasteiger partial charge in [-0.25, -0.2) is 0 Å². The third-order valence-electron chi connectivity index (χ3n) is 7.29. The Morgan fingerprint density at radius 2 is 1.89 bits per heavy atom. The quantitative estimate of drug-likeness (QED) is 0.210. The molecule has 1 fully saturated rings. The second-order valence-electron chi connectivity index (χ2n) is 8.97. The minimum absolute atomic E-state index is 0.0414. The van der Waals surface area contributed by atoms with Crippen LogP contribution in [0.1, 0.15) is 49.9 Å². The lowest BCUT2D eigenvalue weighted by molar-refractivity contribution is 0.0867. The molecule has 2 bridgehead atoms. The van der Waals surface area contributed by atoms with E-state index in [9.17, 15) is 24.9 Å². The number of anilines is 1. The van der Waals surface area contributed by atoms with Crippen LogP contribution in [0.3, 0.4) is 0 Å². The van der Waals surface area contributed by atoms with Crippen LogP contribution in [0.2, 0.25) is 0 Å². The van der Waals surface area contributed by atoms with E-state index in [4.69, 9.17) is 10.5 Å². The van der Waals surface area contributed by atoms with E-state index in [1.807, 2.05) is 0 Å². The van der Waals surface area contributed by atoms with Crippen LogP contribution in [0.15, 0.2) is 36.4 Å². The van der Waals surface area contributed by atoms with E-state index >= 15 is 0 Å². The minimum Gasteiger partial charge on any atom is -0.507 e. The number of fused-ring (bicyclic) bond motifs is 4. The zero-order valence-corrected chi connectivity index (χ0v) is 18.5. The number of ketones is 2. The molecule has 5 atom stereocenters. The molecule has 174 valence electrons. The Morgan fingerprint density at radius 3 is 2.60 bits per heavy atom. The zero-order chi connectivity index (χ0) is 24.7. The van der Waals surface area contributed by atoms with Gasteiger partial charge in [0.05, 0.1) is 22.9 Å². The van der Waals surface area contributed by atoms with E-state index in [1.54, 1.807) is 18.2 Å². The van der Waals surface area contributed by atoms with Crippen LogP contribution in [-0.2, 0) is 16.9 Å². The van der Waals surface area contributed by atoms with E-state index in [0.29, 0.717) is 5.56 Å². The summed E-state index contributed by atoms with van der Waals surface area (Å²) in [6.45, 7) is 1.56. The average Bonchev–Trinajstić information content (AvgIpc) is 3.57. The lowest BCUT2D eigenvalue weighted by Gasteiger charge is -2.37. The van der Waals surface area contributed by atoms with Crippen molar-refractivity contribution in [1.29, 1.82) is 0 Å². The number of rotatable bonds is 2. The van der Waals surface area contributed by atoms with Gasteiger partial charge in [0.1, 0.15) is 11.8 Å². The number of nitrogens with one attached hydrogen (secondary N) is 1. The van der Waals surface area contributed by atoms with Crippen LogP contribution in [0.5, 0.6) is 5.75 Å². The zero-order valence-electron chi connectivity index (χ0n) is 18.5. The number of aliphatic hydroxyl groups excluding tert-OH is 2. The van der Waals surface area contributed by atoms with Gasteiger partial charge < -0.3 is 31.1 Å². The van der Waals surface area contributed by atoms with Crippen molar-refractivity contribution in [1.82, 2.24) is 0 Å². The molecule has 6 rings (SSSR count). The molecule has 2 aromatic carbocycles. The Hall–Kier alpha value is -3.92. The van der Waals surface area contributed by atoms with Crippen LogP contribution in [0.4, 0.5) is 5.69 Å². The predicted octanol–water partition coefficient (Wildman–Crippen LogP) is 0.703. The third kappa shape index (κ3) is 2.47. The monoisotopic (exact) mass is 468 g/mol. The number of aromatic hydroxyl groups is 1. The summed E-state index contributed by atoms with van der Waals surface area (Å²) < 4.78 is 6.14. The molecular weight excluding hydrogens is 448 g/mol. The first-order chi connectivity index (χ1) is 16.8. The van der Waals surface area contributed by atoms with Gasteiger partial charge in [-0.3, -0.25) is 9.59 Å². The number of phenolic OH excluding ortho intramolecular Hbond substituents is 1. The number of epoxide rings is 1. The van der Waals surface area contributed by atoms with Gasteiger partial charge in [-0.1, -0.05) is 41.9 Å². The molecular formula is C27H20N2O6. The first kappa shape index (κ1) is 21.6. The number of aliphatic hydroxyl groups is 2. The van der Waals surface area contributed by atoms with Crippen LogP contribution in [0.25, 0.3) is 0 Å². The molecule has 8 nitrogen and oxygen atoms in total. The summed E-state index contributed by atoms with van der Waals surface area (Å²) in [7, 11) is 0. The van der Waals surface area contributed by atoms with Crippen molar-refractivity contribution in [3.8, 4) is 29.4 Å². The average molecular weight is 468 g/mol. The minimum atomic E-state index is -1.59. The summed E-state index contributed by atoms with van der Waals surface area (Å²) in [4.78, 5) is 27.3. The number of carbonyl (C=O) groups is 2. The maximum absolute atomic E-state index is 13.8. The molecule has 0 amide bonds. The smallest absolute Gasteiger partial charge is 0.198 e. The SMILES string of the molecule is C[C@@H](O)[C@@]12O[C@]13c1cc(O)c4c(c1N[C@H]2C#C/C=C\C#C[C@H]3O)C(=O)c1cccc(CN)c1C4=O. The second-order valence-corrected chi connectivity index (χ2v) is 8.97. The Morgan fingerprint density at radius 1 is 1.14 bits per heavy atom. The van der Waals surface area contributed by atoms with Gasteiger partial charge in [0, 0.05) is 23.2 Å². The Balaban J connectivity index is 1.68. The second kappa shape index (κ2) is 7.05. The maximum atomic E-state index is 13.8. The molecule has 2 heterocycles. The standard InChI is InChI=1S/C27H20N2O6/c1-13(30)26-18-9-4-2-3-5-10-19(32)27(26,35-26)16-11-17(31)21-22(23(16)29-18)24(33)15-8-6-7-14(12-28)20(15)25(21)34/h2-3,6-8,11,13,18-19,29-32H,12,28H2,1H3/b3-2-/t13-,18+,19-,26+,27+/m1/s1. The summed E-state index contributed by atoms with van der Waals surface area (Å²) >= 11 is 0. The lowest BCUT2D eigenvalue weighted by atomic mass is 9.69. The van der Waals surface area contributed by atoms with Crippen LogP contribution >= 0.6 is 0 Å². The molecule has 6 N–H and O–H groups in total. The highest BCUT2D eigenvalue weighted by atomic mass is 16.7. The third-order valence-corrected chi connectivity index (χ3v) is 7.29. The fourth-order valence-electron chi connectivity index (χ4n) is 5.73. The first-order valence-electron chi connectivity index (χ1n) is 11.1. The Kier molecular flexibility index (Phi) is 4.35. The van der Waals surface area contributed by atoms with Crippen molar-refractivity contribution < 1.29 is 29.6 Å². The summed E-state index contributed by atoms with van der Waals surface area (Å²) in [5, 5.41) is 36.2. The van der Waals surface area contributed by atoms with Crippen molar-refractivity contribution in [2.24, 2.45) is 5.73 Å². The first-order valence-corrected chi connectivity index (χ1v) is 11.1. The molecule has 0 spiro atoms. The van der Waals surface area contributed by atoms with Crippen molar-refractivity contribution in [3.05, 3.63) is 69.8 Å². The van der Waals surface area contributed by atoms with Crippen molar-refractivity contribution in [2.75, 3.05) is 5.32 Å². The molecule has 0 aromatic heterocycles. The molecule has 1 saturated heterocycles. The van der Waals surface area contributed by atoms with Gasteiger partial charge in [0.25, 0.3) is 0 Å². The maximum Gasteiger partial charge on any atom is 0.198 e. The summed E-state index contributed by atoms with van der Waals surface area (Å²) in [5.41, 5.74) is 3.88. The number of hydrogen-bond acceptors (Lipinski definition) is 8. The highest BCUT2D eigenvalue weighted by molar-refractivity contribution is 6.31. The van der Waals surface area contributed by atoms with E-state index in [2.05, 4.69) is 29.0 Å².